The number of aromatic nitrogens is 2. The Balaban J connectivity index is 1.50. The molecule has 3 aromatic rings. The maximum Gasteiger partial charge on any atom is 0.321 e. The quantitative estimate of drug-likeness (QED) is 0.485. The minimum absolute atomic E-state index is 0.0735. The third-order valence-electron chi connectivity index (χ3n) is 4.29. The minimum atomic E-state index is -3.89. The Labute approximate surface area is 180 Å². The van der Waals surface area contributed by atoms with E-state index in [4.69, 9.17) is 4.74 Å². The molecule has 0 bridgehead atoms. The lowest BCUT2D eigenvalue weighted by atomic mass is 10.0. The van der Waals surface area contributed by atoms with E-state index in [-0.39, 0.29) is 4.90 Å². The first kappa shape index (κ1) is 22.2. The number of benzene rings is 2. The third-order valence-corrected chi connectivity index (χ3v) is 5.65. The summed E-state index contributed by atoms with van der Waals surface area (Å²) in [6, 6.07) is 17.1. The molecule has 0 aliphatic heterocycles. The lowest BCUT2D eigenvalue weighted by molar-refractivity contribution is -0.146. The van der Waals surface area contributed by atoms with Gasteiger partial charge < -0.3 is 10.1 Å². The molecule has 0 saturated carbocycles. The van der Waals surface area contributed by atoms with Crippen molar-refractivity contribution in [3.05, 3.63) is 78.1 Å². The van der Waals surface area contributed by atoms with Gasteiger partial charge in [0.05, 0.1) is 6.20 Å². The van der Waals surface area contributed by atoms with Crippen LogP contribution in [0.5, 0.6) is 0 Å². The van der Waals surface area contributed by atoms with Crippen LogP contribution in [-0.4, -0.2) is 43.2 Å². The van der Waals surface area contributed by atoms with Crippen LogP contribution in [0.3, 0.4) is 0 Å². The molecule has 9 nitrogen and oxygen atoms in total. The highest BCUT2D eigenvalue weighted by Gasteiger charge is 2.18. The molecule has 3 rings (SSSR count). The normalized spacial score (nSPS) is 11.1. The highest BCUT2D eigenvalue weighted by Crippen LogP contribution is 2.19. The van der Waals surface area contributed by atoms with Crippen LogP contribution in [-0.2, 0) is 37.8 Å². The van der Waals surface area contributed by atoms with Crippen LogP contribution in [0.4, 0.5) is 5.69 Å². The first-order valence-corrected chi connectivity index (χ1v) is 10.9. The van der Waals surface area contributed by atoms with Gasteiger partial charge in [0.25, 0.3) is 5.91 Å². The van der Waals surface area contributed by atoms with E-state index in [1.807, 2.05) is 42.5 Å². The van der Waals surface area contributed by atoms with E-state index in [1.54, 1.807) is 19.2 Å². The van der Waals surface area contributed by atoms with Gasteiger partial charge in [-0.2, -0.15) is 9.82 Å². The van der Waals surface area contributed by atoms with Crippen molar-refractivity contribution in [2.75, 3.05) is 18.5 Å². The Morgan fingerprint density at radius 1 is 1.06 bits per heavy atom. The summed E-state index contributed by atoms with van der Waals surface area (Å²) in [7, 11) is -2.32. The van der Waals surface area contributed by atoms with Gasteiger partial charge in [-0.25, -0.2) is 8.42 Å². The van der Waals surface area contributed by atoms with E-state index in [2.05, 4.69) is 15.1 Å². The number of nitrogens with zero attached hydrogens (tertiary/aromatic N) is 2. The van der Waals surface area contributed by atoms with Crippen LogP contribution >= 0.6 is 0 Å². The molecule has 1 heterocycles. The Bertz CT molecular complexity index is 1160. The number of para-hydroxylation sites is 1. The van der Waals surface area contributed by atoms with Gasteiger partial charge in [-0.15, -0.1) is 0 Å². The van der Waals surface area contributed by atoms with E-state index >= 15 is 0 Å². The summed E-state index contributed by atoms with van der Waals surface area (Å²) in [5, 5.41) is 6.49. The van der Waals surface area contributed by atoms with Gasteiger partial charge in [0, 0.05) is 18.9 Å². The van der Waals surface area contributed by atoms with E-state index in [9.17, 15) is 18.0 Å². The Kier molecular flexibility index (Phi) is 7.16. The van der Waals surface area contributed by atoms with Crippen molar-refractivity contribution in [2.24, 2.45) is 7.05 Å². The van der Waals surface area contributed by atoms with Crippen molar-refractivity contribution in [1.29, 1.82) is 0 Å². The molecule has 0 saturated heterocycles. The minimum Gasteiger partial charge on any atom is -0.455 e. The van der Waals surface area contributed by atoms with Crippen LogP contribution in [0.2, 0.25) is 0 Å². The standard InChI is InChI=1S/C21H22N4O5S/c1-25-14-18(12-22-25)31(28,29)23-13-21(27)30-15-20(26)24-19-10-6-5-9-17(19)11-16-7-3-2-4-8-16/h2-10,12,14,23H,11,13,15H2,1H3,(H,24,26). The van der Waals surface area contributed by atoms with Crippen LogP contribution < -0.4 is 10.0 Å². The highest BCUT2D eigenvalue weighted by atomic mass is 32.2. The van der Waals surface area contributed by atoms with E-state index in [1.165, 1.54) is 10.9 Å². The number of aryl methyl sites for hydroxylation is 1. The molecular weight excluding hydrogens is 420 g/mol. The summed E-state index contributed by atoms with van der Waals surface area (Å²) in [5.74, 6) is -1.40. The smallest absolute Gasteiger partial charge is 0.321 e. The summed E-state index contributed by atoms with van der Waals surface area (Å²) in [6.07, 6.45) is 3.09. The number of ether oxygens (including phenoxy) is 1. The average Bonchev–Trinajstić information content (AvgIpc) is 3.20. The Morgan fingerprint density at radius 3 is 2.48 bits per heavy atom. The largest absolute Gasteiger partial charge is 0.455 e. The fourth-order valence-corrected chi connectivity index (χ4v) is 3.72. The molecule has 31 heavy (non-hydrogen) atoms. The monoisotopic (exact) mass is 442 g/mol. The molecule has 0 atom stereocenters. The lowest BCUT2D eigenvalue weighted by Crippen LogP contribution is -2.32. The van der Waals surface area contributed by atoms with Gasteiger partial charge in [0.15, 0.2) is 6.61 Å². The number of esters is 1. The zero-order valence-electron chi connectivity index (χ0n) is 16.8. The van der Waals surface area contributed by atoms with Crippen LogP contribution in [0.25, 0.3) is 0 Å². The third kappa shape index (κ3) is 6.49. The first-order valence-electron chi connectivity index (χ1n) is 9.39. The predicted octanol–water partition coefficient (Wildman–Crippen LogP) is 1.47. The highest BCUT2D eigenvalue weighted by molar-refractivity contribution is 7.89. The van der Waals surface area contributed by atoms with Crippen molar-refractivity contribution >= 4 is 27.6 Å². The molecule has 0 aliphatic carbocycles. The van der Waals surface area contributed by atoms with E-state index in [0.717, 1.165) is 17.3 Å². The summed E-state index contributed by atoms with van der Waals surface area (Å²) in [6.45, 7) is -1.14. The second kappa shape index (κ2) is 10.0. The topological polar surface area (TPSA) is 119 Å². The van der Waals surface area contributed by atoms with Crippen LogP contribution in [0.1, 0.15) is 11.1 Å². The molecule has 0 radical (unpaired) electrons. The van der Waals surface area contributed by atoms with Gasteiger partial charge in [0.2, 0.25) is 10.0 Å². The number of hydrogen-bond acceptors (Lipinski definition) is 6. The van der Waals surface area contributed by atoms with Gasteiger partial charge in [0.1, 0.15) is 11.4 Å². The molecule has 0 unspecified atom stereocenters. The molecule has 1 aromatic heterocycles. The van der Waals surface area contributed by atoms with Gasteiger partial charge in [-0.05, 0) is 23.6 Å². The van der Waals surface area contributed by atoms with Crippen molar-refractivity contribution in [3.63, 3.8) is 0 Å². The van der Waals surface area contributed by atoms with Gasteiger partial charge in [-0.3, -0.25) is 14.3 Å². The van der Waals surface area contributed by atoms with Gasteiger partial charge >= 0.3 is 5.97 Å². The molecule has 10 heteroatoms. The molecule has 0 fully saturated rings. The fourth-order valence-electron chi connectivity index (χ4n) is 2.77. The van der Waals surface area contributed by atoms with Crippen molar-refractivity contribution in [2.45, 2.75) is 11.3 Å². The summed E-state index contributed by atoms with van der Waals surface area (Å²) < 4.78 is 32.4. The Morgan fingerprint density at radius 2 is 1.77 bits per heavy atom. The second-order valence-corrected chi connectivity index (χ2v) is 8.47. The fraction of sp³-hybridized carbons (Fsp3) is 0.190. The molecule has 0 aliphatic rings. The number of carbonyl (C=O) groups is 2. The van der Waals surface area contributed by atoms with E-state index in [0.29, 0.717) is 12.1 Å². The molecule has 0 spiro atoms. The predicted molar refractivity (Wildman–Crippen MR) is 114 cm³/mol. The number of nitrogens with one attached hydrogen (secondary N) is 2. The molecule has 2 aromatic carbocycles. The molecular formula is C21H22N4O5S. The second-order valence-electron chi connectivity index (χ2n) is 6.70. The maximum atomic E-state index is 12.2. The molecule has 162 valence electrons. The first-order chi connectivity index (χ1) is 14.8. The SMILES string of the molecule is Cn1cc(S(=O)(=O)NCC(=O)OCC(=O)Nc2ccccc2Cc2ccccc2)cn1. The summed E-state index contributed by atoms with van der Waals surface area (Å²) in [4.78, 5) is 24.0. The van der Waals surface area contributed by atoms with Crippen LogP contribution in [0.15, 0.2) is 71.9 Å². The zero-order valence-corrected chi connectivity index (χ0v) is 17.6. The van der Waals surface area contributed by atoms with Crippen molar-refractivity contribution < 1.29 is 22.7 Å². The average molecular weight is 442 g/mol. The number of carbonyl (C=O) groups excluding carboxylic acids is 2. The number of hydrogen-bond donors (Lipinski definition) is 2. The number of rotatable bonds is 9. The number of amides is 1. The van der Waals surface area contributed by atoms with Crippen molar-refractivity contribution in [1.82, 2.24) is 14.5 Å². The van der Waals surface area contributed by atoms with E-state index < -0.39 is 35.1 Å². The summed E-state index contributed by atoms with van der Waals surface area (Å²) >= 11 is 0. The lowest BCUT2D eigenvalue weighted by Gasteiger charge is -2.12. The van der Waals surface area contributed by atoms with Crippen LogP contribution in [0, 0.1) is 0 Å². The van der Waals surface area contributed by atoms with Crippen molar-refractivity contribution in [3.8, 4) is 0 Å². The number of anilines is 1. The Hall–Kier alpha value is -3.50. The summed E-state index contributed by atoms with van der Waals surface area (Å²) in [5.41, 5.74) is 2.62. The zero-order chi connectivity index (χ0) is 22.3. The molecule has 2 N–H and O–H groups in total. The number of sulfonamides is 1. The maximum absolute atomic E-state index is 12.2. The molecule has 1 amide bonds. The van der Waals surface area contributed by atoms with Gasteiger partial charge in [-0.1, -0.05) is 48.5 Å².